The quantitative estimate of drug-likeness (QED) is 0.514. The van der Waals surface area contributed by atoms with Gasteiger partial charge in [-0.2, -0.15) is 0 Å². The third kappa shape index (κ3) is 6.98. The molecule has 0 aromatic heterocycles. The van der Waals surface area contributed by atoms with Gasteiger partial charge >= 0.3 is 0 Å². The van der Waals surface area contributed by atoms with Crippen molar-refractivity contribution in [3.05, 3.63) is 29.8 Å². The van der Waals surface area contributed by atoms with Crippen LogP contribution in [0.5, 0.6) is 0 Å². The molecule has 0 saturated heterocycles. The minimum absolute atomic E-state index is 0.0811. The standard InChI is InChI=1S/C16H24N2O2S/c1-20-9-3-8-17-16(19)12-21-15-5-2-4-13(10-15)11-18-14-6-7-14/h2,4-5,10,14,18H,3,6-9,11-12H2,1H3,(H,17,19). The summed E-state index contributed by atoms with van der Waals surface area (Å²) >= 11 is 1.59. The molecule has 2 rings (SSSR count). The molecule has 1 saturated carbocycles. The first-order valence-corrected chi connectivity index (χ1v) is 8.47. The van der Waals surface area contributed by atoms with Crippen LogP contribution in [0, 0.1) is 0 Å². The van der Waals surface area contributed by atoms with Gasteiger partial charge in [-0.25, -0.2) is 0 Å². The van der Waals surface area contributed by atoms with Gasteiger partial charge in [-0.1, -0.05) is 12.1 Å². The van der Waals surface area contributed by atoms with Crippen LogP contribution in [-0.4, -0.2) is 38.0 Å². The van der Waals surface area contributed by atoms with Crippen molar-refractivity contribution in [2.45, 2.75) is 36.7 Å². The van der Waals surface area contributed by atoms with Crippen LogP contribution in [0.25, 0.3) is 0 Å². The molecule has 0 heterocycles. The number of carbonyl (C=O) groups is 1. The van der Waals surface area contributed by atoms with Gasteiger partial charge in [0, 0.05) is 37.7 Å². The van der Waals surface area contributed by atoms with E-state index in [0.29, 0.717) is 18.9 Å². The van der Waals surface area contributed by atoms with Crippen LogP contribution in [0.2, 0.25) is 0 Å². The number of ether oxygens (including phenoxy) is 1. The van der Waals surface area contributed by atoms with Gasteiger partial charge in [0.1, 0.15) is 0 Å². The highest BCUT2D eigenvalue weighted by Gasteiger charge is 2.19. The molecule has 2 N–H and O–H groups in total. The Bertz CT molecular complexity index is 450. The third-order valence-corrected chi connectivity index (χ3v) is 4.28. The first kappa shape index (κ1) is 16.3. The van der Waals surface area contributed by atoms with Crippen LogP contribution in [0.4, 0.5) is 0 Å². The smallest absolute Gasteiger partial charge is 0.230 e. The Morgan fingerprint density at radius 2 is 2.29 bits per heavy atom. The van der Waals surface area contributed by atoms with Crippen molar-refractivity contribution >= 4 is 17.7 Å². The molecule has 1 aromatic carbocycles. The number of benzene rings is 1. The lowest BCUT2D eigenvalue weighted by Crippen LogP contribution is -2.26. The number of amides is 1. The maximum absolute atomic E-state index is 11.7. The molecule has 1 aromatic rings. The van der Waals surface area contributed by atoms with Gasteiger partial charge < -0.3 is 15.4 Å². The van der Waals surface area contributed by atoms with E-state index in [0.717, 1.165) is 23.9 Å². The Morgan fingerprint density at radius 3 is 3.05 bits per heavy atom. The maximum Gasteiger partial charge on any atom is 0.230 e. The molecule has 0 atom stereocenters. The number of hydrogen-bond donors (Lipinski definition) is 2. The second-order valence-corrected chi connectivity index (χ2v) is 6.34. The summed E-state index contributed by atoms with van der Waals surface area (Å²) in [6, 6.07) is 9.13. The van der Waals surface area contributed by atoms with Crippen molar-refractivity contribution in [2.24, 2.45) is 0 Å². The highest BCUT2D eigenvalue weighted by molar-refractivity contribution is 8.00. The summed E-state index contributed by atoms with van der Waals surface area (Å²) in [7, 11) is 1.67. The number of carbonyl (C=O) groups excluding carboxylic acids is 1. The van der Waals surface area contributed by atoms with Gasteiger partial charge in [-0.3, -0.25) is 4.79 Å². The van der Waals surface area contributed by atoms with E-state index < -0.39 is 0 Å². The van der Waals surface area contributed by atoms with E-state index >= 15 is 0 Å². The zero-order chi connectivity index (χ0) is 14.9. The number of thioether (sulfide) groups is 1. The zero-order valence-corrected chi connectivity index (χ0v) is 13.4. The van der Waals surface area contributed by atoms with Crippen molar-refractivity contribution in [2.75, 3.05) is 26.0 Å². The molecule has 0 radical (unpaired) electrons. The summed E-state index contributed by atoms with van der Waals surface area (Å²) < 4.78 is 4.95. The molecule has 0 unspecified atom stereocenters. The van der Waals surface area contributed by atoms with E-state index in [2.05, 4.69) is 34.9 Å². The SMILES string of the molecule is COCCCNC(=O)CSc1cccc(CNC2CC2)c1. The fourth-order valence-electron chi connectivity index (χ4n) is 1.94. The average Bonchev–Trinajstić information content (AvgIpc) is 3.32. The summed E-state index contributed by atoms with van der Waals surface area (Å²) in [5.41, 5.74) is 1.28. The highest BCUT2D eigenvalue weighted by atomic mass is 32.2. The Morgan fingerprint density at radius 1 is 1.43 bits per heavy atom. The minimum atomic E-state index is 0.0811. The van der Waals surface area contributed by atoms with Gasteiger partial charge in [0.05, 0.1) is 5.75 Å². The van der Waals surface area contributed by atoms with E-state index in [4.69, 9.17) is 4.74 Å². The van der Waals surface area contributed by atoms with Gasteiger partial charge in [-0.15, -0.1) is 11.8 Å². The molecule has 1 fully saturated rings. The molecule has 0 spiro atoms. The second kappa shape index (κ2) is 9.07. The van der Waals surface area contributed by atoms with Crippen molar-refractivity contribution in [3.63, 3.8) is 0 Å². The molecule has 1 aliphatic rings. The van der Waals surface area contributed by atoms with Gasteiger partial charge in [0.25, 0.3) is 0 Å². The predicted octanol–water partition coefficient (Wildman–Crippen LogP) is 2.18. The van der Waals surface area contributed by atoms with Crippen molar-refractivity contribution in [1.82, 2.24) is 10.6 Å². The summed E-state index contributed by atoms with van der Waals surface area (Å²) in [6.45, 7) is 2.28. The number of rotatable bonds is 10. The molecule has 5 heteroatoms. The molecule has 0 bridgehead atoms. The lowest BCUT2D eigenvalue weighted by Gasteiger charge is -2.07. The summed E-state index contributed by atoms with van der Waals surface area (Å²) in [5.74, 6) is 0.546. The molecule has 0 aliphatic heterocycles. The first-order chi connectivity index (χ1) is 10.3. The Balaban J connectivity index is 1.66. The van der Waals surface area contributed by atoms with Crippen LogP contribution >= 0.6 is 11.8 Å². The molecule has 116 valence electrons. The van der Waals surface area contributed by atoms with Gasteiger partial charge in [0.15, 0.2) is 0 Å². The molecular formula is C16H24N2O2S. The van der Waals surface area contributed by atoms with E-state index in [-0.39, 0.29) is 5.91 Å². The fourth-order valence-corrected chi connectivity index (χ4v) is 2.75. The summed E-state index contributed by atoms with van der Waals surface area (Å²) in [4.78, 5) is 12.9. The number of hydrogen-bond acceptors (Lipinski definition) is 4. The lowest BCUT2D eigenvalue weighted by atomic mass is 10.2. The van der Waals surface area contributed by atoms with E-state index in [1.54, 1.807) is 18.9 Å². The molecule has 1 aliphatic carbocycles. The van der Waals surface area contributed by atoms with Crippen molar-refractivity contribution in [1.29, 1.82) is 0 Å². The first-order valence-electron chi connectivity index (χ1n) is 7.48. The Hall–Kier alpha value is -1.04. The fraction of sp³-hybridized carbons (Fsp3) is 0.562. The maximum atomic E-state index is 11.7. The van der Waals surface area contributed by atoms with Crippen molar-refractivity contribution < 1.29 is 9.53 Å². The third-order valence-electron chi connectivity index (χ3n) is 3.29. The minimum Gasteiger partial charge on any atom is -0.385 e. The second-order valence-electron chi connectivity index (χ2n) is 5.29. The number of nitrogens with one attached hydrogen (secondary N) is 2. The largest absolute Gasteiger partial charge is 0.385 e. The average molecular weight is 308 g/mol. The Labute approximate surface area is 131 Å². The molecule has 21 heavy (non-hydrogen) atoms. The van der Waals surface area contributed by atoms with Crippen molar-refractivity contribution in [3.8, 4) is 0 Å². The van der Waals surface area contributed by atoms with Crippen LogP contribution in [0.15, 0.2) is 29.2 Å². The van der Waals surface area contributed by atoms with Crippen LogP contribution in [-0.2, 0) is 16.1 Å². The predicted molar refractivity (Wildman–Crippen MR) is 86.5 cm³/mol. The van der Waals surface area contributed by atoms with E-state index in [9.17, 15) is 4.79 Å². The molecule has 4 nitrogen and oxygen atoms in total. The summed E-state index contributed by atoms with van der Waals surface area (Å²) in [6.07, 6.45) is 3.46. The van der Waals surface area contributed by atoms with Gasteiger partial charge in [-0.05, 0) is 37.0 Å². The lowest BCUT2D eigenvalue weighted by molar-refractivity contribution is -0.118. The summed E-state index contributed by atoms with van der Waals surface area (Å²) in [5, 5.41) is 6.40. The monoisotopic (exact) mass is 308 g/mol. The van der Waals surface area contributed by atoms with Gasteiger partial charge in [0.2, 0.25) is 5.91 Å². The normalized spacial score (nSPS) is 14.1. The highest BCUT2D eigenvalue weighted by Crippen LogP contribution is 2.21. The van der Waals surface area contributed by atoms with E-state index in [1.165, 1.54) is 18.4 Å². The van der Waals surface area contributed by atoms with Crippen LogP contribution < -0.4 is 10.6 Å². The topological polar surface area (TPSA) is 50.4 Å². The molecule has 1 amide bonds. The Kier molecular flexibility index (Phi) is 7.06. The molecular weight excluding hydrogens is 284 g/mol. The van der Waals surface area contributed by atoms with Crippen LogP contribution in [0.3, 0.4) is 0 Å². The zero-order valence-electron chi connectivity index (χ0n) is 12.6. The number of methoxy groups -OCH3 is 1. The van der Waals surface area contributed by atoms with Crippen LogP contribution in [0.1, 0.15) is 24.8 Å². The van der Waals surface area contributed by atoms with E-state index in [1.807, 2.05) is 0 Å².